The standard InChI is InChI=1S/C35H38FN7O2/c1-6-8-29(44)42-13-10-23(11-14-42)43-34-25-15-21(3)30(31-22(4)20(2)16-28-26(31)17-37-40-28)32(36)33(25)39-35(27(34)18-38-43)45-19-24-9-7-12-41(24)5/h15-18,23-24H,7,9-14,19H2,1-5H3,(H,37,40). The largest absolute Gasteiger partial charge is 0.475 e. The lowest BCUT2D eigenvalue weighted by molar-refractivity contribution is -0.126. The molecule has 232 valence electrons. The van der Waals surface area contributed by atoms with Crippen molar-refractivity contribution in [2.75, 3.05) is 33.3 Å². The van der Waals surface area contributed by atoms with Crippen LogP contribution in [0, 0.1) is 38.4 Å². The third-order valence-corrected chi connectivity index (χ3v) is 9.86. The van der Waals surface area contributed by atoms with E-state index in [9.17, 15) is 4.79 Å². The molecule has 3 aromatic heterocycles. The fourth-order valence-electron chi connectivity index (χ4n) is 7.22. The number of aromatic nitrogens is 5. The predicted molar refractivity (Wildman–Crippen MR) is 174 cm³/mol. The molecule has 2 aliphatic rings. The molecule has 45 heavy (non-hydrogen) atoms. The molecule has 9 nitrogen and oxygen atoms in total. The molecule has 2 aromatic carbocycles. The average molecular weight is 608 g/mol. The van der Waals surface area contributed by atoms with E-state index in [0.717, 1.165) is 76.3 Å². The van der Waals surface area contributed by atoms with Crippen molar-refractivity contribution in [2.45, 2.75) is 65.5 Å². The summed E-state index contributed by atoms with van der Waals surface area (Å²) in [4.78, 5) is 21.4. The van der Waals surface area contributed by atoms with Gasteiger partial charge in [0.25, 0.3) is 5.91 Å². The molecule has 0 aliphatic carbocycles. The van der Waals surface area contributed by atoms with E-state index in [-0.39, 0.29) is 29.3 Å². The average Bonchev–Trinajstić information content (AvgIpc) is 3.78. The van der Waals surface area contributed by atoms with Gasteiger partial charge in [-0.15, -0.1) is 0 Å². The van der Waals surface area contributed by atoms with Crippen molar-refractivity contribution in [1.82, 2.24) is 34.8 Å². The SMILES string of the molecule is CC#CC(=O)N1CCC(n2ncc3c(OCC4CCCN4C)nc4c(F)c(-c5c(C)c(C)cc6[nH]ncc56)c(C)cc4c32)CC1. The third kappa shape index (κ3) is 4.90. The fourth-order valence-corrected chi connectivity index (χ4v) is 7.22. The van der Waals surface area contributed by atoms with Gasteiger partial charge in [-0.25, -0.2) is 9.37 Å². The fraction of sp³-hybridized carbons (Fsp3) is 0.429. The van der Waals surface area contributed by atoms with Crippen molar-refractivity contribution < 1.29 is 13.9 Å². The number of nitrogens with one attached hydrogen (secondary N) is 1. The van der Waals surface area contributed by atoms with Crippen molar-refractivity contribution in [3.63, 3.8) is 0 Å². The Morgan fingerprint density at radius 1 is 1.04 bits per heavy atom. The predicted octanol–water partition coefficient (Wildman–Crippen LogP) is 5.85. The Balaban J connectivity index is 1.40. The summed E-state index contributed by atoms with van der Waals surface area (Å²) < 4.78 is 25.6. The van der Waals surface area contributed by atoms with Gasteiger partial charge in [-0.05, 0) is 107 Å². The van der Waals surface area contributed by atoms with Crippen LogP contribution in [0.15, 0.2) is 24.5 Å². The van der Waals surface area contributed by atoms with Crippen LogP contribution >= 0.6 is 0 Å². The Labute approximate surface area is 261 Å². The Hall–Kier alpha value is -4.49. The van der Waals surface area contributed by atoms with Crippen molar-refractivity contribution >= 4 is 38.6 Å². The zero-order chi connectivity index (χ0) is 31.4. The number of amides is 1. The van der Waals surface area contributed by atoms with Gasteiger partial charge in [-0.3, -0.25) is 14.6 Å². The molecular formula is C35H38FN7O2. The molecule has 0 bridgehead atoms. The zero-order valence-electron chi connectivity index (χ0n) is 26.5. The van der Waals surface area contributed by atoms with Crippen LogP contribution in [0.3, 0.4) is 0 Å². The second-order valence-corrected chi connectivity index (χ2v) is 12.6. The van der Waals surface area contributed by atoms with Crippen LogP contribution < -0.4 is 4.74 Å². The lowest BCUT2D eigenvalue weighted by Crippen LogP contribution is -2.38. The van der Waals surface area contributed by atoms with Crippen LogP contribution in [0.2, 0.25) is 0 Å². The van der Waals surface area contributed by atoms with Crippen molar-refractivity contribution in [2.24, 2.45) is 0 Å². The summed E-state index contributed by atoms with van der Waals surface area (Å²) >= 11 is 0. The summed E-state index contributed by atoms with van der Waals surface area (Å²) in [7, 11) is 2.11. The number of carbonyl (C=O) groups excluding carboxylic acids is 1. The monoisotopic (exact) mass is 607 g/mol. The molecule has 1 unspecified atom stereocenters. The lowest BCUT2D eigenvalue weighted by Gasteiger charge is -2.31. The quantitative estimate of drug-likeness (QED) is 0.252. The second kappa shape index (κ2) is 11.5. The Morgan fingerprint density at radius 3 is 2.58 bits per heavy atom. The van der Waals surface area contributed by atoms with E-state index in [1.54, 1.807) is 24.2 Å². The van der Waals surface area contributed by atoms with Gasteiger partial charge in [0, 0.05) is 35.5 Å². The number of aryl methyl sites for hydroxylation is 2. The molecule has 5 aromatic rings. The normalized spacial score (nSPS) is 17.8. The first-order valence-corrected chi connectivity index (χ1v) is 15.7. The molecule has 0 spiro atoms. The number of likely N-dealkylation sites (N-methyl/N-ethyl adjacent to an activating group) is 1. The van der Waals surface area contributed by atoms with Gasteiger partial charge in [-0.2, -0.15) is 10.2 Å². The van der Waals surface area contributed by atoms with Crippen LogP contribution in [0.1, 0.15) is 55.3 Å². The van der Waals surface area contributed by atoms with Crippen LogP contribution in [0.4, 0.5) is 4.39 Å². The summed E-state index contributed by atoms with van der Waals surface area (Å²) in [6.45, 7) is 10.4. The molecule has 7 rings (SSSR count). The maximum absolute atomic E-state index is 17.1. The smallest absolute Gasteiger partial charge is 0.298 e. The van der Waals surface area contributed by atoms with Crippen LogP contribution in [0.5, 0.6) is 5.88 Å². The number of hydrogen-bond acceptors (Lipinski definition) is 6. The third-order valence-electron chi connectivity index (χ3n) is 9.86. The number of halogens is 1. The molecule has 1 N–H and O–H groups in total. The number of benzene rings is 2. The van der Waals surface area contributed by atoms with Gasteiger partial charge in [0.05, 0.1) is 34.9 Å². The zero-order valence-corrected chi connectivity index (χ0v) is 26.5. The number of hydrogen-bond donors (Lipinski definition) is 1. The highest BCUT2D eigenvalue weighted by Gasteiger charge is 2.29. The number of piperidine rings is 1. The maximum atomic E-state index is 17.1. The highest BCUT2D eigenvalue weighted by molar-refractivity contribution is 6.09. The minimum absolute atomic E-state index is 0.0353. The van der Waals surface area contributed by atoms with Gasteiger partial charge in [-0.1, -0.05) is 5.92 Å². The molecule has 5 heterocycles. The highest BCUT2D eigenvalue weighted by Crippen LogP contribution is 2.42. The molecule has 1 atom stereocenters. The molecule has 0 saturated carbocycles. The van der Waals surface area contributed by atoms with Crippen LogP contribution in [-0.4, -0.2) is 80.0 Å². The highest BCUT2D eigenvalue weighted by atomic mass is 19.1. The first-order valence-electron chi connectivity index (χ1n) is 15.7. The van der Waals surface area contributed by atoms with E-state index >= 15 is 4.39 Å². The number of fused-ring (bicyclic) bond motifs is 4. The minimum Gasteiger partial charge on any atom is -0.475 e. The lowest BCUT2D eigenvalue weighted by atomic mass is 9.89. The molecule has 2 fully saturated rings. The number of rotatable bonds is 5. The molecule has 1 amide bonds. The van der Waals surface area contributed by atoms with E-state index in [1.165, 1.54) is 0 Å². The summed E-state index contributed by atoms with van der Waals surface area (Å²) in [6, 6.07) is 4.41. The molecular weight excluding hydrogens is 569 g/mol. The number of ether oxygens (including phenoxy) is 1. The van der Waals surface area contributed by atoms with Gasteiger partial charge < -0.3 is 14.5 Å². The Kier molecular flexibility index (Phi) is 7.44. The topological polar surface area (TPSA) is 92.2 Å². The van der Waals surface area contributed by atoms with Gasteiger partial charge >= 0.3 is 0 Å². The van der Waals surface area contributed by atoms with Gasteiger partial charge in [0.1, 0.15) is 12.1 Å². The number of H-pyrrole nitrogens is 1. The summed E-state index contributed by atoms with van der Waals surface area (Å²) in [5.41, 5.74) is 6.18. The molecule has 2 saturated heterocycles. The number of aromatic amines is 1. The van der Waals surface area contributed by atoms with Crippen molar-refractivity contribution in [3.05, 3.63) is 47.0 Å². The number of carbonyl (C=O) groups is 1. The van der Waals surface area contributed by atoms with E-state index in [2.05, 4.69) is 40.1 Å². The molecule has 2 aliphatic heterocycles. The van der Waals surface area contributed by atoms with Crippen LogP contribution in [-0.2, 0) is 4.79 Å². The first kappa shape index (κ1) is 29.2. The first-order chi connectivity index (χ1) is 21.8. The molecule has 10 heteroatoms. The number of likely N-dealkylation sites (tertiary alicyclic amines) is 2. The van der Waals surface area contributed by atoms with Gasteiger partial charge in [0.15, 0.2) is 5.82 Å². The summed E-state index contributed by atoms with van der Waals surface area (Å²) in [5, 5.41) is 14.5. The number of nitrogens with zero attached hydrogens (tertiary/aromatic N) is 6. The van der Waals surface area contributed by atoms with Gasteiger partial charge in [0.2, 0.25) is 5.88 Å². The minimum atomic E-state index is -0.378. The second-order valence-electron chi connectivity index (χ2n) is 12.6. The Bertz CT molecular complexity index is 2030. The van der Waals surface area contributed by atoms with Crippen molar-refractivity contribution in [1.29, 1.82) is 0 Å². The molecule has 0 radical (unpaired) electrons. The van der Waals surface area contributed by atoms with E-state index in [4.69, 9.17) is 14.8 Å². The van der Waals surface area contributed by atoms with Crippen LogP contribution in [0.25, 0.3) is 43.8 Å². The van der Waals surface area contributed by atoms with Crippen molar-refractivity contribution in [3.8, 4) is 28.8 Å². The summed E-state index contributed by atoms with van der Waals surface area (Å²) in [5.74, 6) is 5.24. The van der Waals surface area contributed by atoms with E-state index in [1.807, 2.05) is 31.5 Å². The number of pyridine rings is 1. The van der Waals surface area contributed by atoms with E-state index < -0.39 is 0 Å². The Morgan fingerprint density at radius 2 is 1.84 bits per heavy atom. The van der Waals surface area contributed by atoms with E-state index in [0.29, 0.717) is 36.5 Å². The maximum Gasteiger partial charge on any atom is 0.298 e. The summed E-state index contributed by atoms with van der Waals surface area (Å²) in [6.07, 6.45) is 7.20.